The second kappa shape index (κ2) is 5.69. The van der Waals surface area contributed by atoms with E-state index >= 15 is 0 Å². The minimum Gasteiger partial charge on any atom is -0.491 e. The highest BCUT2D eigenvalue weighted by Gasteiger charge is 2.08. The maximum Gasteiger partial charge on any atom is 0.122 e. The van der Waals surface area contributed by atoms with Crippen LogP contribution in [0.2, 0.25) is 0 Å². The van der Waals surface area contributed by atoms with Crippen molar-refractivity contribution in [1.29, 1.82) is 0 Å². The van der Waals surface area contributed by atoms with Crippen LogP contribution in [0.3, 0.4) is 0 Å². The predicted molar refractivity (Wildman–Crippen MR) is 66.0 cm³/mol. The Morgan fingerprint density at radius 1 is 1.31 bits per heavy atom. The summed E-state index contributed by atoms with van der Waals surface area (Å²) in [5.74, 6) is 1.21. The Kier molecular flexibility index (Phi) is 4.53. The Morgan fingerprint density at radius 2 is 2.00 bits per heavy atom. The quantitative estimate of drug-likeness (QED) is 0.710. The third-order valence-corrected chi connectivity index (χ3v) is 2.58. The zero-order valence-corrected chi connectivity index (χ0v) is 10.5. The van der Waals surface area contributed by atoms with Crippen molar-refractivity contribution in [2.45, 2.75) is 46.1 Å². The minimum atomic E-state index is 0.192. The molecule has 0 aliphatic rings. The van der Waals surface area contributed by atoms with Crippen molar-refractivity contribution in [2.24, 2.45) is 0 Å². The average Bonchev–Trinajstić information content (AvgIpc) is 2.20. The van der Waals surface area contributed by atoms with Crippen LogP contribution in [-0.2, 0) is 4.79 Å². The highest BCUT2D eigenvalue weighted by Crippen LogP contribution is 2.25. The number of hydrogen-bond donors (Lipinski definition) is 0. The second-order valence-corrected chi connectivity index (χ2v) is 4.49. The fourth-order valence-corrected chi connectivity index (χ4v) is 1.65. The molecule has 0 aliphatic heterocycles. The van der Waals surface area contributed by atoms with Crippen molar-refractivity contribution >= 4 is 6.29 Å². The van der Waals surface area contributed by atoms with Crippen molar-refractivity contribution < 1.29 is 9.53 Å². The number of benzene rings is 1. The Morgan fingerprint density at radius 3 is 2.50 bits per heavy atom. The summed E-state index contributed by atoms with van der Waals surface area (Å²) < 4.78 is 5.67. The summed E-state index contributed by atoms with van der Waals surface area (Å²) in [5.41, 5.74) is 2.32. The topological polar surface area (TPSA) is 26.3 Å². The van der Waals surface area contributed by atoms with E-state index in [-0.39, 0.29) is 12.0 Å². The van der Waals surface area contributed by atoms with E-state index in [0.717, 1.165) is 17.6 Å². The molecule has 1 aromatic carbocycles. The number of hydrogen-bond acceptors (Lipinski definition) is 2. The molecule has 0 aromatic heterocycles. The molecule has 2 heteroatoms. The van der Waals surface area contributed by atoms with Crippen LogP contribution < -0.4 is 4.74 Å². The molecule has 0 heterocycles. The van der Waals surface area contributed by atoms with E-state index in [1.54, 1.807) is 0 Å². The summed E-state index contributed by atoms with van der Waals surface area (Å²) in [6, 6.07) is 6.14. The molecule has 1 aromatic rings. The van der Waals surface area contributed by atoms with Gasteiger partial charge in [0.05, 0.1) is 6.10 Å². The molecule has 16 heavy (non-hydrogen) atoms. The normalized spacial score (nSPS) is 12.6. The summed E-state index contributed by atoms with van der Waals surface area (Å²) in [6.07, 6.45) is 1.74. The van der Waals surface area contributed by atoms with Gasteiger partial charge in [0.2, 0.25) is 0 Å². The molecule has 0 amide bonds. The van der Waals surface area contributed by atoms with Gasteiger partial charge in [-0.2, -0.15) is 0 Å². The molecule has 0 saturated heterocycles. The van der Waals surface area contributed by atoms with Crippen molar-refractivity contribution in [1.82, 2.24) is 0 Å². The van der Waals surface area contributed by atoms with Crippen molar-refractivity contribution in [3.05, 3.63) is 29.3 Å². The number of aryl methyl sites for hydroxylation is 1. The van der Waals surface area contributed by atoms with Gasteiger partial charge >= 0.3 is 0 Å². The van der Waals surface area contributed by atoms with E-state index in [0.29, 0.717) is 6.42 Å². The molecule has 2 nitrogen and oxygen atoms in total. The molecule has 0 radical (unpaired) electrons. The highest BCUT2D eigenvalue weighted by molar-refractivity contribution is 5.52. The summed E-state index contributed by atoms with van der Waals surface area (Å²) >= 11 is 0. The van der Waals surface area contributed by atoms with Crippen LogP contribution in [0.1, 0.15) is 44.2 Å². The lowest BCUT2D eigenvalue weighted by atomic mass is 9.96. The lowest BCUT2D eigenvalue weighted by Gasteiger charge is -2.15. The Balaban J connectivity index is 2.85. The minimum absolute atomic E-state index is 0.192. The van der Waals surface area contributed by atoms with E-state index in [1.807, 2.05) is 32.9 Å². The third-order valence-electron chi connectivity index (χ3n) is 2.58. The first kappa shape index (κ1) is 12.8. The van der Waals surface area contributed by atoms with Crippen LogP contribution in [0.25, 0.3) is 0 Å². The molecule has 0 spiro atoms. The van der Waals surface area contributed by atoms with Crippen LogP contribution in [0.15, 0.2) is 18.2 Å². The van der Waals surface area contributed by atoms with Crippen molar-refractivity contribution in [3.8, 4) is 5.75 Å². The van der Waals surface area contributed by atoms with Gasteiger partial charge in [0.15, 0.2) is 0 Å². The van der Waals surface area contributed by atoms with Crippen LogP contribution in [0, 0.1) is 6.92 Å². The molecule has 0 N–H and O–H groups in total. The van der Waals surface area contributed by atoms with Gasteiger partial charge in [-0.3, -0.25) is 0 Å². The summed E-state index contributed by atoms with van der Waals surface area (Å²) in [5, 5.41) is 0. The smallest absolute Gasteiger partial charge is 0.122 e. The van der Waals surface area contributed by atoms with Gasteiger partial charge in [0.1, 0.15) is 12.0 Å². The number of ether oxygens (including phenoxy) is 1. The number of carbonyl (C=O) groups excluding carboxylic acids is 1. The van der Waals surface area contributed by atoms with Gasteiger partial charge in [0, 0.05) is 6.42 Å². The first-order chi connectivity index (χ1) is 7.54. The molecular weight excluding hydrogens is 200 g/mol. The molecule has 88 valence electrons. The third kappa shape index (κ3) is 3.37. The maximum absolute atomic E-state index is 10.5. The fraction of sp³-hybridized carbons (Fsp3) is 0.500. The standard InChI is InChI=1S/C14H20O2/c1-10(2)16-14-6-5-13(9-12(14)4)11(3)7-8-15/h5-6,8-11H,7H2,1-4H3. The largest absolute Gasteiger partial charge is 0.491 e. The molecule has 0 fully saturated rings. The molecule has 1 atom stereocenters. The molecule has 0 saturated carbocycles. The molecular formula is C14H20O2. The Hall–Kier alpha value is -1.31. The van der Waals surface area contributed by atoms with Gasteiger partial charge in [-0.1, -0.05) is 19.1 Å². The predicted octanol–water partition coefficient (Wildman–Crippen LogP) is 3.47. The fourth-order valence-electron chi connectivity index (χ4n) is 1.65. The van der Waals surface area contributed by atoms with Crippen LogP contribution in [-0.4, -0.2) is 12.4 Å². The van der Waals surface area contributed by atoms with Crippen molar-refractivity contribution in [3.63, 3.8) is 0 Å². The number of aldehydes is 1. The maximum atomic E-state index is 10.5. The number of rotatable bonds is 5. The van der Waals surface area contributed by atoms with Crippen molar-refractivity contribution in [2.75, 3.05) is 0 Å². The Labute approximate surface area is 97.6 Å². The molecule has 0 aliphatic carbocycles. The number of carbonyl (C=O) groups is 1. The van der Waals surface area contributed by atoms with Gasteiger partial charge in [-0.15, -0.1) is 0 Å². The van der Waals surface area contributed by atoms with Crippen LogP contribution in [0.4, 0.5) is 0 Å². The highest BCUT2D eigenvalue weighted by atomic mass is 16.5. The lowest BCUT2D eigenvalue weighted by Crippen LogP contribution is -2.07. The van der Waals surface area contributed by atoms with E-state index < -0.39 is 0 Å². The van der Waals surface area contributed by atoms with E-state index in [2.05, 4.69) is 13.0 Å². The molecule has 0 bridgehead atoms. The first-order valence-electron chi connectivity index (χ1n) is 5.75. The van der Waals surface area contributed by atoms with Gasteiger partial charge in [0.25, 0.3) is 0 Å². The van der Waals surface area contributed by atoms with Crippen LogP contribution in [0.5, 0.6) is 5.75 Å². The lowest BCUT2D eigenvalue weighted by molar-refractivity contribution is -0.108. The van der Waals surface area contributed by atoms with Gasteiger partial charge < -0.3 is 9.53 Å². The Bertz CT molecular complexity index is 356. The molecule has 1 rings (SSSR count). The summed E-state index contributed by atoms with van der Waals surface area (Å²) in [6.45, 7) is 8.13. The monoisotopic (exact) mass is 220 g/mol. The van der Waals surface area contributed by atoms with Gasteiger partial charge in [-0.25, -0.2) is 0 Å². The average molecular weight is 220 g/mol. The zero-order chi connectivity index (χ0) is 12.1. The van der Waals surface area contributed by atoms with Crippen LogP contribution >= 0.6 is 0 Å². The van der Waals surface area contributed by atoms with E-state index in [9.17, 15) is 4.79 Å². The first-order valence-corrected chi connectivity index (χ1v) is 5.75. The summed E-state index contributed by atoms with van der Waals surface area (Å²) in [7, 11) is 0. The summed E-state index contributed by atoms with van der Waals surface area (Å²) in [4.78, 5) is 10.5. The van der Waals surface area contributed by atoms with E-state index in [1.165, 1.54) is 5.56 Å². The second-order valence-electron chi connectivity index (χ2n) is 4.49. The van der Waals surface area contributed by atoms with Gasteiger partial charge in [-0.05, 0) is 43.9 Å². The zero-order valence-electron chi connectivity index (χ0n) is 10.5. The molecule has 1 unspecified atom stereocenters. The van der Waals surface area contributed by atoms with E-state index in [4.69, 9.17) is 4.74 Å². The SMILES string of the molecule is Cc1cc(C(C)CC=O)ccc1OC(C)C.